The van der Waals surface area contributed by atoms with Crippen LogP contribution in [-0.4, -0.2) is 0 Å². The fourth-order valence-corrected chi connectivity index (χ4v) is 8.26. The van der Waals surface area contributed by atoms with Crippen LogP contribution in [0.5, 0.6) is 0 Å². The highest BCUT2D eigenvalue weighted by molar-refractivity contribution is 5.98. The summed E-state index contributed by atoms with van der Waals surface area (Å²) < 4.78 is 15.9. The van der Waals surface area contributed by atoms with Gasteiger partial charge in [0.15, 0.2) is 0 Å². The van der Waals surface area contributed by atoms with Crippen molar-refractivity contribution in [2.24, 2.45) is 0 Å². The van der Waals surface area contributed by atoms with Crippen molar-refractivity contribution in [1.29, 1.82) is 0 Å². The van der Waals surface area contributed by atoms with E-state index in [-0.39, 0.29) is 5.82 Å². The van der Waals surface area contributed by atoms with Gasteiger partial charge in [0, 0.05) is 22.7 Å². The molecule has 2 nitrogen and oxygen atoms in total. The Labute approximate surface area is 267 Å². The number of halogens is 1. The van der Waals surface area contributed by atoms with Gasteiger partial charge in [0.05, 0.1) is 16.8 Å². The first-order valence-electron chi connectivity index (χ1n) is 15.7. The topological polar surface area (TPSA) is 6.48 Å². The molecular formula is C43H27FN2. The van der Waals surface area contributed by atoms with E-state index in [0.29, 0.717) is 0 Å². The van der Waals surface area contributed by atoms with Crippen LogP contribution in [-0.2, 0) is 5.41 Å². The molecule has 0 aromatic heterocycles. The van der Waals surface area contributed by atoms with Crippen LogP contribution >= 0.6 is 0 Å². The van der Waals surface area contributed by atoms with E-state index in [9.17, 15) is 0 Å². The minimum atomic E-state index is -0.507. The van der Waals surface area contributed by atoms with Crippen LogP contribution in [0, 0.1) is 5.82 Å². The molecule has 0 radical (unpaired) electrons. The average molecular weight is 591 g/mol. The number of fused-ring (bicyclic) bond motifs is 8. The van der Waals surface area contributed by atoms with Crippen LogP contribution < -0.4 is 9.80 Å². The van der Waals surface area contributed by atoms with E-state index in [1.165, 1.54) is 44.5 Å². The number of rotatable bonds is 2. The highest BCUT2D eigenvalue weighted by Crippen LogP contribution is 2.64. The third kappa shape index (κ3) is 3.29. The molecule has 0 amide bonds. The molecule has 0 saturated carbocycles. The maximum Gasteiger partial charge on any atom is 0.127 e. The molecule has 1 heterocycles. The Morgan fingerprint density at radius 1 is 0.326 bits per heavy atom. The number of anilines is 6. The Bertz CT molecular complexity index is 2180. The molecular weight excluding hydrogens is 563 g/mol. The minimum absolute atomic E-state index is 0.289. The molecule has 6 bridgehead atoms. The fourth-order valence-electron chi connectivity index (χ4n) is 8.26. The first-order chi connectivity index (χ1) is 22.7. The first kappa shape index (κ1) is 25.4. The van der Waals surface area contributed by atoms with Crippen molar-refractivity contribution in [1.82, 2.24) is 0 Å². The van der Waals surface area contributed by atoms with Gasteiger partial charge in [-0.25, -0.2) is 4.39 Å². The standard InChI is InChI=1S/C43H27FN2/c44-28-23-33-25-34(24-28)46(30-13-5-2-6-14-30)32-20-22-38-36-16-8-10-18-40(36)43(42(38)27-32)39-17-9-7-15-35(39)37-21-19-31(26-41(37)43)45(33)29-11-3-1-4-12-29/h1-27H. The van der Waals surface area contributed by atoms with Crippen LogP contribution in [0.1, 0.15) is 22.3 Å². The van der Waals surface area contributed by atoms with Gasteiger partial charge in [0.2, 0.25) is 0 Å². The van der Waals surface area contributed by atoms with Crippen molar-refractivity contribution in [2.75, 3.05) is 9.80 Å². The highest BCUT2D eigenvalue weighted by Gasteiger charge is 2.52. The third-order valence-electron chi connectivity index (χ3n) is 9.99. The van der Waals surface area contributed by atoms with Gasteiger partial charge in [0.1, 0.15) is 5.82 Å². The molecule has 46 heavy (non-hydrogen) atoms. The average Bonchev–Trinajstić information content (AvgIpc) is 3.56. The lowest BCUT2D eigenvalue weighted by atomic mass is 9.70. The van der Waals surface area contributed by atoms with Gasteiger partial charge in [-0.1, -0.05) is 97.1 Å². The molecule has 1 aliphatic heterocycles. The first-order valence-corrected chi connectivity index (χ1v) is 15.7. The molecule has 7 aromatic carbocycles. The normalized spacial score (nSPS) is 14.3. The molecule has 10 rings (SSSR count). The molecule has 3 heteroatoms. The van der Waals surface area contributed by atoms with E-state index in [4.69, 9.17) is 0 Å². The van der Waals surface area contributed by atoms with Crippen LogP contribution in [0.15, 0.2) is 164 Å². The molecule has 0 fully saturated rings. The largest absolute Gasteiger partial charge is 0.310 e. The Balaban J connectivity index is 1.40. The molecule has 0 N–H and O–H groups in total. The number of benzene rings is 7. The fraction of sp³-hybridized carbons (Fsp3) is 0.0233. The van der Waals surface area contributed by atoms with E-state index >= 15 is 4.39 Å². The predicted molar refractivity (Wildman–Crippen MR) is 186 cm³/mol. The van der Waals surface area contributed by atoms with Gasteiger partial charge >= 0.3 is 0 Å². The van der Waals surface area contributed by atoms with Crippen molar-refractivity contribution in [3.8, 4) is 22.3 Å². The van der Waals surface area contributed by atoms with Crippen LogP contribution in [0.25, 0.3) is 22.3 Å². The maximum absolute atomic E-state index is 15.9. The van der Waals surface area contributed by atoms with Crippen LogP contribution in [0.3, 0.4) is 0 Å². The number of nitrogens with zero attached hydrogens (tertiary/aromatic N) is 2. The van der Waals surface area contributed by atoms with Gasteiger partial charge in [-0.05, 0) is 111 Å². The van der Waals surface area contributed by atoms with E-state index in [2.05, 4.69) is 125 Å². The van der Waals surface area contributed by atoms with E-state index < -0.39 is 5.41 Å². The number of hydrogen-bond acceptors (Lipinski definition) is 2. The summed E-state index contributed by atoms with van der Waals surface area (Å²) in [5.74, 6) is -0.289. The summed E-state index contributed by atoms with van der Waals surface area (Å²) >= 11 is 0. The summed E-state index contributed by atoms with van der Waals surface area (Å²) in [4.78, 5) is 4.37. The van der Waals surface area contributed by atoms with Crippen LogP contribution in [0.2, 0.25) is 0 Å². The van der Waals surface area contributed by atoms with E-state index in [1.54, 1.807) is 12.1 Å². The summed E-state index contributed by atoms with van der Waals surface area (Å²) in [7, 11) is 0. The second kappa shape index (κ2) is 9.29. The van der Waals surface area contributed by atoms with Crippen molar-refractivity contribution in [3.05, 3.63) is 192 Å². The summed E-state index contributed by atoms with van der Waals surface area (Å²) in [5, 5.41) is 0. The van der Waals surface area contributed by atoms with Gasteiger partial charge in [-0.2, -0.15) is 0 Å². The number of para-hydroxylation sites is 2. The smallest absolute Gasteiger partial charge is 0.127 e. The Kier molecular flexibility index (Phi) is 5.13. The Morgan fingerprint density at radius 3 is 1.22 bits per heavy atom. The minimum Gasteiger partial charge on any atom is -0.310 e. The van der Waals surface area contributed by atoms with Gasteiger partial charge in [-0.15, -0.1) is 0 Å². The lowest BCUT2D eigenvalue weighted by Crippen LogP contribution is -2.27. The van der Waals surface area contributed by atoms with Crippen molar-refractivity contribution >= 4 is 34.1 Å². The van der Waals surface area contributed by atoms with Crippen molar-refractivity contribution in [2.45, 2.75) is 5.41 Å². The summed E-state index contributed by atoms with van der Waals surface area (Å²) in [6.45, 7) is 0. The third-order valence-corrected chi connectivity index (χ3v) is 9.99. The lowest BCUT2D eigenvalue weighted by Gasteiger charge is -2.34. The SMILES string of the molecule is Fc1cc2cc(c1)N(c1ccccc1)c1ccc3c(c1)C1(c4ccccc4-c4ccc(cc41)N2c1ccccc1)c1ccccc1-3. The zero-order chi connectivity index (χ0) is 30.4. The summed E-state index contributed by atoms with van der Waals surface area (Å²) in [6, 6.07) is 57.3. The molecule has 0 atom stereocenters. The lowest BCUT2D eigenvalue weighted by molar-refractivity contribution is 0.628. The monoisotopic (exact) mass is 590 g/mol. The molecule has 1 spiro atoms. The van der Waals surface area contributed by atoms with Gasteiger partial charge in [-0.3, -0.25) is 0 Å². The molecule has 3 aliphatic rings. The highest BCUT2D eigenvalue weighted by atomic mass is 19.1. The summed E-state index contributed by atoms with van der Waals surface area (Å²) in [6.07, 6.45) is 0. The maximum atomic E-state index is 15.9. The van der Waals surface area contributed by atoms with E-state index in [1.807, 2.05) is 36.4 Å². The molecule has 0 saturated heterocycles. The zero-order valence-electron chi connectivity index (χ0n) is 24.9. The second-order valence-corrected chi connectivity index (χ2v) is 12.3. The molecule has 2 aliphatic carbocycles. The summed E-state index contributed by atoms with van der Waals surface area (Å²) in [5.41, 5.74) is 15.0. The van der Waals surface area contributed by atoms with Crippen molar-refractivity contribution in [3.63, 3.8) is 0 Å². The van der Waals surface area contributed by atoms with Gasteiger partial charge in [0.25, 0.3) is 0 Å². The molecule has 0 unspecified atom stereocenters. The van der Waals surface area contributed by atoms with Crippen LogP contribution in [0.4, 0.5) is 38.5 Å². The predicted octanol–water partition coefficient (Wildman–Crippen LogP) is 11.4. The quantitative estimate of drug-likeness (QED) is 0.198. The van der Waals surface area contributed by atoms with E-state index in [0.717, 1.165) is 34.1 Å². The Hall–Kier alpha value is -5.93. The van der Waals surface area contributed by atoms with Gasteiger partial charge < -0.3 is 9.80 Å². The number of hydrogen-bond donors (Lipinski definition) is 0. The zero-order valence-corrected chi connectivity index (χ0v) is 24.9. The molecule has 216 valence electrons. The Morgan fingerprint density at radius 2 is 0.739 bits per heavy atom. The molecule has 7 aromatic rings. The second-order valence-electron chi connectivity index (χ2n) is 12.3. The van der Waals surface area contributed by atoms with Crippen molar-refractivity contribution < 1.29 is 4.39 Å².